The molecular weight excluding hydrogens is 300 g/mol. The molecule has 0 radical (unpaired) electrons. The Hall–Kier alpha value is -3.02. The van der Waals surface area contributed by atoms with E-state index >= 15 is 0 Å². The summed E-state index contributed by atoms with van der Waals surface area (Å²) in [6, 6.07) is 12.1. The third kappa shape index (κ3) is 3.26. The maximum absolute atomic E-state index is 13.6. The fourth-order valence-electron chi connectivity index (χ4n) is 2.16. The Kier molecular flexibility index (Phi) is 3.89. The molecule has 0 saturated carbocycles. The van der Waals surface area contributed by atoms with Gasteiger partial charge in [-0.3, -0.25) is 4.79 Å². The van der Waals surface area contributed by atoms with Gasteiger partial charge in [0.25, 0.3) is 5.91 Å². The third-order valence-electron chi connectivity index (χ3n) is 3.27. The van der Waals surface area contributed by atoms with Crippen LogP contribution in [0.4, 0.5) is 14.6 Å². The van der Waals surface area contributed by atoms with Crippen molar-refractivity contribution in [1.29, 1.82) is 0 Å². The number of rotatable bonds is 3. The fourth-order valence-corrected chi connectivity index (χ4v) is 2.16. The lowest BCUT2D eigenvalue weighted by Gasteiger charge is -2.04. The summed E-state index contributed by atoms with van der Waals surface area (Å²) >= 11 is 0. The Morgan fingerprint density at radius 3 is 2.70 bits per heavy atom. The molecule has 0 aliphatic carbocycles. The van der Waals surface area contributed by atoms with Gasteiger partial charge in [0.1, 0.15) is 11.6 Å². The summed E-state index contributed by atoms with van der Waals surface area (Å²) in [6.07, 6.45) is 1.69. The van der Waals surface area contributed by atoms with Gasteiger partial charge in [0.05, 0.1) is 11.3 Å². The highest BCUT2D eigenvalue weighted by molar-refractivity contribution is 6.03. The van der Waals surface area contributed by atoms with E-state index in [9.17, 15) is 13.6 Å². The Morgan fingerprint density at radius 2 is 1.96 bits per heavy atom. The van der Waals surface area contributed by atoms with Crippen molar-refractivity contribution in [2.75, 3.05) is 5.32 Å². The summed E-state index contributed by atoms with van der Waals surface area (Å²) in [4.78, 5) is 12.0. The second kappa shape index (κ2) is 6.00. The lowest BCUT2D eigenvalue weighted by atomic mass is 10.2. The van der Waals surface area contributed by atoms with Crippen molar-refractivity contribution in [3.63, 3.8) is 0 Å². The zero-order chi connectivity index (χ0) is 16.4. The number of nitrogens with zero attached hydrogens (tertiary/aromatic N) is 2. The topological polar surface area (TPSA) is 46.9 Å². The van der Waals surface area contributed by atoms with Crippen LogP contribution in [0.15, 0.2) is 54.7 Å². The van der Waals surface area contributed by atoms with E-state index in [4.69, 9.17) is 0 Å². The summed E-state index contributed by atoms with van der Waals surface area (Å²) in [5.41, 5.74) is 1.69. The summed E-state index contributed by atoms with van der Waals surface area (Å²) in [6.45, 7) is 1.97. The number of carbonyl (C=O) groups excluding carboxylic acids is 1. The number of amides is 1. The van der Waals surface area contributed by atoms with Crippen LogP contribution >= 0.6 is 0 Å². The number of halogens is 2. The van der Waals surface area contributed by atoms with E-state index in [-0.39, 0.29) is 11.4 Å². The molecule has 1 amide bonds. The van der Waals surface area contributed by atoms with E-state index in [2.05, 4.69) is 10.4 Å². The van der Waals surface area contributed by atoms with Crippen molar-refractivity contribution in [2.45, 2.75) is 6.92 Å². The first-order valence-electron chi connectivity index (χ1n) is 6.92. The van der Waals surface area contributed by atoms with Gasteiger partial charge in [0, 0.05) is 18.3 Å². The molecule has 1 aromatic heterocycles. The SMILES string of the molecule is Cc1cccc(-n2ccc(NC(=O)c3ccc(F)cc3F)n2)c1. The van der Waals surface area contributed by atoms with E-state index < -0.39 is 17.5 Å². The molecule has 6 heteroatoms. The Morgan fingerprint density at radius 1 is 1.13 bits per heavy atom. The van der Waals surface area contributed by atoms with E-state index in [0.717, 1.165) is 23.4 Å². The highest BCUT2D eigenvalue weighted by Crippen LogP contribution is 2.14. The van der Waals surface area contributed by atoms with Crippen molar-refractivity contribution in [1.82, 2.24) is 9.78 Å². The van der Waals surface area contributed by atoms with Gasteiger partial charge in [0.2, 0.25) is 0 Å². The second-order valence-electron chi connectivity index (χ2n) is 5.06. The molecule has 3 rings (SSSR count). The van der Waals surface area contributed by atoms with Crippen LogP contribution in [0.3, 0.4) is 0 Å². The van der Waals surface area contributed by atoms with E-state index in [1.54, 1.807) is 16.9 Å². The number of aryl methyl sites for hydroxylation is 1. The van der Waals surface area contributed by atoms with E-state index in [1.807, 2.05) is 31.2 Å². The van der Waals surface area contributed by atoms with Crippen molar-refractivity contribution >= 4 is 11.7 Å². The molecule has 2 aromatic carbocycles. The van der Waals surface area contributed by atoms with Crippen LogP contribution in [0.25, 0.3) is 5.69 Å². The maximum atomic E-state index is 13.6. The van der Waals surface area contributed by atoms with Gasteiger partial charge >= 0.3 is 0 Å². The molecule has 0 bridgehead atoms. The second-order valence-corrected chi connectivity index (χ2v) is 5.06. The number of nitrogens with one attached hydrogen (secondary N) is 1. The molecule has 1 heterocycles. The number of benzene rings is 2. The first-order valence-corrected chi connectivity index (χ1v) is 6.92. The van der Waals surface area contributed by atoms with Crippen LogP contribution in [-0.2, 0) is 0 Å². The van der Waals surface area contributed by atoms with Crippen LogP contribution in [0.1, 0.15) is 15.9 Å². The van der Waals surface area contributed by atoms with Gasteiger partial charge in [-0.15, -0.1) is 0 Å². The largest absolute Gasteiger partial charge is 0.305 e. The first kappa shape index (κ1) is 14.9. The molecule has 116 valence electrons. The molecule has 0 aliphatic rings. The fraction of sp³-hybridized carbons (Fsp3) is 0.0588. The molecule has 0 saturated heterocycles. The summed E-state index contributed by atoms with van der Waals surface area (Å²) in [7, 11) is 0. The third-order valence-corrected chi connectivity index (χ3v) is 3.27. The standard InChI is InChI=1S/C17H13F2N3O/c1-11-3-2-4-13(9-11)22-8-7-16(21-22)20-17(23)14-6-5-12(18)10-15(14)19/h2-10H,1H3,(H,20,21,23). The highest BCUT2D eigenvalue weighted by Gasteiger charge is 2.14. The number of carbonyl (C=O) groups is 1. The highest BCUT2D eigenvalue weighted by atomic mass is 19.1. The predicted octanol–water partition coefficient (Wildman–Crippen LogP) is 3.71. The van der Waals surface area contributed by atoms with Crippen LogP contribution in [0.2, 0.25) is 0 Å². The number of aromatic nitrogens is 2. The van der Waals surface area contributed by atoms with E-state index in [0.29, 0.717) is 6.07 Å². The monoisotopic (exact) mass is 313 g/mol. The molecular formula is C17H13F2N3O. The quantitative estimate of drug-likeness (QED) is 0.801. The molecule has 4 nitrogen and oxygen atoms in total. The van der Waals surface area contributed by atoms with Crippen LogP contribution in [0.5, 0.6) is 0 Å². The summed E-state index contributed by atoms with van der Waals surface area (Å²) in [5, 5.41) is 6.71. The molecule has 0 aliphatic heterocycles. The van der Waals surface area contributed by atoms with Gasteiger partial charge < -0.3 is 5.32 Å². The molecule has 23 heavy (non-hydrogen) atoms. The lowest BCUT2D eigenvalue weighted by molar-refractivity contribution is 0.102. The van der Waals surface area contributed by atoms with Crippen molar-refractivity contribution in [3.8, 4) is 5.69 Å². The number of hydrogen-bond donors (Lipinski definition) is 1. The van der Waals surface area contributed by atoms with Crippen LogP contribution in [0, 0.1) is 18.6 Å². The molecule has 0 atom stereocenters. The molecule has 0 unspecified atom stereocenters. The smallest absolute Gasteiger partial charge is 0.259 e. The predicted molar refractivity (Wildman–Crippen MR) is 82.6 cm³/mol. The Bertz CT molecular complexity index is 874. The molecule has 0 fully saturated rings. The van der Waals surface area contributed by atoms with Gasteiger partial charge in [-0.25, -0.2) is 13.5 Å². The molecule has 3 aromatic rings. The van der Waals surface area contributed by atoms with Gasteiger partial charge in [0.15, 0.2) is 5.82 Å². The van der Waals surface area contributed by atoms with E-state index in [1.165, 1.54) is 0 Å². The maximum Gasteiger partial charge on any atom is 0.259 e. The number of hydrogen-bond acceptors (Lipinski definition) is 2. The average Bonchev–Trinajstić information content (AvgIpc) is 2.95. The molecule has 1 N–H and O–H groups in total. The Labute approximate surface area is 131 Å². The average molecular weight is 313 g/mol. The van der Waals surface area contributed by atoms with Gasteiger partial charge in [-0.05, 0) is 36.8 Å². The number of anilines is 1. The van der Waals surface area contributed by atoms with Gasteiger partial charge in [-0.1, -0.05) is 12.1 Å². The normalized spacial score (nSPS) is 10.6. The zero-order valence-electron chi connectivity index (χ0n) is 12.3. The van der Waals surface area contributed by atoms with Crippen molar-refractivity contribution in [3.05, 3.63) is 77.5 Å². The lowest BCUT2D eigenvalue weighted by Crippen LogP contribution is -2.14. The minimum Gasteiger partial charge on any atom is -0.305 e. The van der Waals surface area contributed by atoms with Gasteiger partial charge in [-0.2, -0.15) is 5.10 Å². The van der Waals surface area contributed by atoms with Crippen molar-refractivity contribution in [2.24, 2.45) is 0 Å². The first-order chi connectivity index (χ1) is 11.0. The van der Waals surface area contributed by atoms with Crippen LogP contribution in [-0.4, -0.2) is 15.7 Å². The molecule has 0 spiro atoms. The summed E-state index contributed by atoms with van der Waals surface area (Å²) < 4.78 is 28.1. The summed E-state index contributed by atoms with van der Waals surface area (Å²) in [5.74, 6) is -2.05. The van der Waals surface area contributed by atoms with Crippen LogP contribution < -0.4 is 5.32 Å². The zero-order valence-corrected chi connectivity index (χ0v) is 12.3. The Balaban J connectivity index is 1.80. The van der Waals surface area contributed by atoms with Crippen molar-refractivity contribution < 1.29 is 13.6 Å². The minimum absolute atomic E-state index is 0.239. The minimum atomic E-state index is -0.916.